The zero-order valence-corrected chi connectivity index (χ0v) is 13.1. The first-order valence-electron chi connectivity index (χ1n) is 6.41. The van der Waals surface area contributed by atoms with Gasteiger partial charge in [0.25, 0.3) is 0 Å². The van der Waals surface area contributed by atoms with E-state index in [1.807, 2.05) is 0 Å². The Morgan fingerprint density at radius 3 is 2.57 bits per heavy atom. The molecule has 6 nitrogen and oxygen atoms in total. The van der Waals surface area contributed by atoms with Gasteiger partial charge in [0.1, 0.15) is 16.9 Å². The zero-order chi connectivity index (χ0) is 15.8. The van der Waals surface area contributed by atoms with E-state index in [2.05, 4.69) is 4.72 Å². The molecule has 7 heteroatoms. The molecule has 0 aliphatic carbocycles. The van der Waals surface area contributed by atoms with Crippen LogP contribution in [0.5, 0.6) is 0 Å². The minimum Gasteiger partial charge on any atom is -0.462 e. The second-order valence-corrected chi connectivity index (χ2v) is 6.55. The van der Waals surface area contributed by atoms with Gasteiger partial charge in [-0.05, 0) is 38.5 Å². The zero-order valence-electron chi connectivity index (χ0n) is 12.3. The summed E-state index contributed by atoms with van der Waals surface area (Å²) in [5, 5.41) is 0.539. The third-order valence-electron chi connectivity index (χ3n) is 2.93. The Kier molecular flexibility index (Phi) is 3.95. The van der Waals surface area contributed by atoms with Gasteiger partial charge in [0.15, 0.2) is 0 Å². The maximum Gasteiger partial charge on any atom is 0.342 e. The summed E-state index contributed by atoms with van der Waals surface area (Å²) in [6.45, 7) is 5.44. The number of esters is 1. The molecule has 0 spiro atoms. The number of carbonyl (C=O) groups is 1. The number of hydrogen-bond acceptors (Lipinski definition) is 5. The highest BCUT2D eigenvalue weighted by molar-refractivity contribution is 7.92. The molecule has 0 bridgehead atoms. The van der Waals surface area contributed by atoms with Crippen molar-refractivity contribution in [3.05, 3.63) is 29.0 Å². The highest BCUT2D eigenvalue weighted by atomic mass is 32.2. The summed E-state index contributed by atoms with van der Waals surface area (Å²) in [6.07, 6.45) is 1.07. The molecule has 0 saturated carbocycles. The van der Waals surface area contributed by atoms with Crippen molar-refractivity contribution in [2.45, 2.75) is 20.8 Å². The van der Waals surface area contributed by atoms with E-state index < -0.39 is 16.0 Å². The Balaban J connectivity index is 2.65. The number of furan rings is 1. The second-order valence-electron chi connectivity index (χ2n) is 4.80. The molecule has 1 aromatic heterocycles. The topological polar surface area (TPSA) is 85.6 Å². The smallest absolute Gasteiger partial charge is 0.342 e. The monoisotopic (exact) mass is 311 g/mol. The Morgan fingerprint density at radius 1 is 1.33 bits per heavy atom. The predicted octanol–water partition coefficient (Wildman–Crippen LogP) is 2.60. The van der Waals surface area contributed by atoms with E-state index >= 15 is 0 Å². The number of anilines is 1. The maximum absolute atomic E-state index is 12.0. The summed E-state index contributed by atoms with van der Waals surface area (Å²) >= 11 is 0. The molecule has 0 aliphatic rings. The number of hydrogen-bond donors (Lipinski definition) is 1. The van der Waals surface area contributed by atoms with Crippen molar-refractivity contribution in [1.29, 1.82) is 0 Å². The van der Waals surface area contributed by atoms with Crippen LogP contribution in [0.1, 0.15) is 28.6 Å². The quantitative estimate of drug-likeness (QED) is 0.877. The molecule has 2 rings (SSSR count). The van der Waals surface area contributed by atoms with E-state index in [4.69, 9.17) is 9.15 Å². The van der Waals surface area contributed by atoms with E-state index in [1.165, 1.54) is 0 Å². The van der Waals surface area contributed by atoms with Gasteiger partial charge in [-0.1, -0.05) is 0 Å². The normalized spacial score (nSPS) is 11.6. The van der Waals surface area contributed by atoms with Crippen molar-refractivity contribution in [3.63, 3.8) is 0 Å². The first-order chi connectivity index (χ1) is 9.73. The number of fused-ring (bicyclic) bond motifs is 1. The number of aryl methyl sites for hydroxylation is 2. The molecule has 1 N–H and O–H groups in total. The molecule has 0 aliphatic heterocycles. The van der Waals surface area contributed by atoms with Crippen LogP contribution in [0, 0.1) is 13.8 Å². The van der Waals surface area contributed by atoms with Crippen LogP contribution in [0.2, 0.25) is 0 Å². The average molecular weight is 311 g/mol. The van der Waals surface area contributed by atoms with Crippen molar-refractivity contribution in [2.75, 3.05) is 17.6 Å². The van der Waals surface area contributed by atoms with Gasteiger partial charge in [-0.25, -0.2) is 13.2 Å². The van der Waals surface area contributed by atoms with Crippen LogP contribution in [0.25, 0.3) is 11.0 Å². The lowest BCUT2D eigenvalue weighted by Crippen LogP contribution is -2.10. The first-order valence-corrected chi connectivity index (χ1v) is 8.30. The summed E-state index contributed by atoms with van der Waals surface area (Å²) in [5.74, 6) is -0.0345. The Labute approximate surface area is 123 Å². The molecule has 0 atom stereocenters. The first kappa shape index (κ1) is 15.4. The molecule has 0 unspecified atom stereocenters. The molecule has 0 saturated heterocycles. The van der Waals surface area contributed by atoms with Gasteiger partial charge in [0.05, 0.1) is 12.9 Å². The van der Waals surface area contributed by atoms with Crippen molar-refractivity contribution in [2.24, 2.45) is 0 Å². The highest BCUT2D eigenvalue weighted by Gasteiger charge is 2.21. The van der Waals surface area contributed by atoms with E-state index in [1.54, 1.807) is 32.9 Å². The molecule has 21 heavy (non-hydrogen) atoms. The van der Waals surface area contributed by atoms with Crippen molar-refractivity contribution in [3.8, 4) is 0 Å². The number of benzene rings is 1. The van der Waals surface area contributed by atoms with E-state index in [9.17, 15) is 13.2 Å². The second kappa shape index (κ2) is 5.40. The van der Waals surface area contributed by atoms with Gasteiger partial charge >= 0.3 is 5.97 Å². The van der Waals surface area contributed by atoms with Crippen LogP contribution < -0.4 is 4.72 Å². The maximum atomic E-state index is 12.0. The van der Waals surface area contributed by atoms with Crippen molar-refractivity contribution >= 4 is 32.6 Å². The molecule has 0 radical (unpaired) electrons. The molecular formula is C14H17NO5S. The summed E-state index contributed by atoms with van der Waals surface area (Å²) in [4.78, 5) is 12.0. The molecular weight excluding hydrogens is 294 g/mol. The van der Waals surface area contributed by atoms with Gasteiger partial charge < -0.3 is 9.15 Å². The van der Waals surface area contributed by atoms with Crippen LogP contribution in [0.3, 0.4) is 0 Å². The summed E-state index contributed by atoms with van der Waals surface area (Å²) in [7, 11) is -3.40. The largest absolute Gasteiger partial charge is 0.462 e. The number of nitrogens with one attached hydrogen (secondary N) is 1. The minimum atomic E-state index is -3.40. The van der Waals surface area contributed by atoms with E-state index in [0.29, 0.717) is 28.0 Å². The van der Waals surface area contributed by atoms with Crippen molar-refractivity contribution < 1.29 is 22.4 Å². The summed E-state index contributed by atoms with van der Waals surface area (Å²) in [6, 6.07) is 3.23. The molecule has 0 amide bonds. The van der Waals surface area contributed by atoms with Crippen LogP contribution in [-0.2, 0) is 14.8 Å². The van der Waals surface area contributed by atoms with E-state index in [0.717, 1.165) is 11.8 Å². The summed E-state index contributed by atoms with van der Waals surface area (Å²) in [5.41, 5.74) is 1.99. The predicted molar refractivity (Wildman–Crippen MR) is 80.1 cm³/mol. The minimum absolute atomic E-state index is 0.255. The Hall–Kier alpha value is -2.02. The van der Waals surface area contributed by atoms with Crippen LogP contribution in [-0.4, -0.2) is 27.2 Å². The third kappa shape index (κ3) is 3.18. The lowest BCUT2D eigenvalue weighted by Gasteiger charge is -2.06. The fraction of sp³-hybridized carbons (Fsp3) is 0.357. The van der Waals surface area contributed by atoms with Crippen LogP contribution >= 0.6 is 0 Å². The van der Waals surface area contributed by atoms with E-state index in [-0.39, 0.29) is 6.61 Å². The van der Waals surface area contributed by atoms with Crippen molar-refractivity contribution in [1.82, 2.24) is 0 Å². The highest BCUT2D eigenvalue weighted by Crippen LogP contribution is 2.31. The average Bonchev–Trinajstić information content (AvgIpc) is 2.64. The molecule has 114 valence electrons. The molecule has 0 fully saturated rings. The van der Waals surface area contributed by atoms with Gasteiger partial charge in [-0.2, -0.15) is 0 Å². The molecule has 1 heterocycles. The number of ether oxygens (including phenoxy) is 1. The fourth-order valence-corrected chi connectivity index (χ4v) is 2.76. The molecule has 2 aromatic rings. The lowest BCUT2D eigenvalue weighted by atomic mass is 10.1. The van der Waals surface area contributed by atoms with Gasteiger partial charge in [-0.15, -0.1) is 0 Å². The number of carbonyl (C=O) groups excluding carboxylic acids is 1. The van der Waals surface area contributed by atoms with Gasteiger partial charge in [0, 0.05) is 11.1 Å². The third-order valence-corrected chi connectivity index (χ3v) is 3.54. The standard InChI is InChI=1S/C14H17NO5S/c1-5-19-14(16)12-9(3)20-13-8(2)6-10(7-11(12)13)15-21(4,17)18/h6-7,15H,5H2,1-4H3. The van der Waals surface area contributed by atoms with Crippen LogP contribution in [0.4, 0.5) is 5.69 Å². The van der Waals surface area contributed by atoms with Crippen LogP contribution in [0.15, 0.2) is 16.5 Å². The lowest BCUT2D eigenvalue weighted by molar-refractivity contribution is 0.0526. The number of rotatable bonds is 4. The van der Waals surface area contributed by atoms with Gasteiger partial charge in [0.2, 0.25) is 10.0 Å². The fourth-order valence-electron chi connectivity index (χ4n) is 2.22. The Bertz CT molecular complexity index is 804. The molecule has 1 aromatic carbocycles. The Morgan fingerprint density at radius 2 is 2.00 bits per heavy atom. The summed E-state index contributed by atoms with van der Waals surface area (Å²) < 4.78 is 35.7. The number of sulfonamides is 1. The SMILES string of the molecule is CCOC(=O)c1c(C)oc2c(C)cc(NS(C)(=O)=O)cc12. The van der Waals surface area contributed by atoms with Gasteiger partial charge in [-0.3, -0.25) is 4.72 Å².